The van der Waals surface area contributed by atoms with E-state index in [0.717, 1.165) is 5.92 Å². The van der Waals surface area contributed by atoms with Gasteiger partial charge in [0, 0.05) is 0 Å². The van der Waals surface area contributed by atoms with Crippen molar-refractivity contribution in [3.8, 4) is 0 Å². The van der Waals surface area contributed by atoms with E-state index in [9.17, 15) is 0 Å². The van der Waals surface area contributed by atoms with Crippen LogP contribution < -0.4 is 0 Å². The number of rotatable bonds is 11. The summed E-state index contributed by atoms with van der Waals surface area (Å²) >= 11 is -1.50. The molecule has 3 atom stereocenters. The van der Waals surface area contributed by atoms with Gasteiger partial charge in [0.05, 0.1) is 0 Å². The molecule has 1 rings (SSSR count). The minimum Gasteiger partial charge on any atom is -0.147 e. The van der Waals surface area contributed by atoms with E-state index in [-0.39, 0.29) is 24.8 Å². The van der Waals surface area contributed by atoms with Crippen LogP contribution in [0.25, 0.3) is 0 Å². The third-order valence-electron chi connectivity index (χ3n) is 5.90. The van der Waals surface area contributed by atoms with E-state index < -0.39 is 17.9 Å². The van der Waals surface area contributed by atoms with Crippen molar-refractivity contribution in [1.29, 1.82) is 0 Å². The van der Waals surface area contributed by atoms with Crippen molar-refractivity contribution in [2.45, 2.75) is 81.8 Å². The smallest absolute Gasteiger partial charge is 0.147 e. The van der Waals surface area contributed by atoms with Crippen LogP contribution >= 0.6 is 24.8 Å². The first kappa shape index (κ1) is 29.9. The second kappa shape index (κ2) is 14.6. The summed E-state index contributed by atoms with van der Waals surface area (Å²) in [5, 5.41) is 0. The van der Waals surface area contributed by atoms with Gasteiger partial charge in [-0.05, 0) is 0 Å². The van der Waals surface area contributed by atoms with Crippen LogP contribution in [0.2, 0.25) is 0 Å². The van der Waals surface area contributed by atoms with E-state index in [4.69, 9.17) is 0 Å². The van der Waals surface area contributed by atoms with E-state index in [1.165, 1.54) is 38.5 Å². The molecule has 0 N–H and O–H groups in total. The summed E-state index contributed by atoms with van der Waals surface area (Å²) in [4.78, 5) is 4.99. The van der Waals surface area contributed by atoms with Crippen LogP contribution in [-0.2, 0) is 17.9 Å². The molecule has 0 aliphatic heterocycles. The monoisotopic (exact) mass is 455 g/mol. The number of hydrogen-bond donors (Lipinski definition) is 0. The molecule has 0 aromatic rings. The van der Waals surface area contributed by atoms with Crippen LogP contribution in [-0.4, -0.2) is 46.7 Å². The van der Waals surface area contributed by atoms with Gasteiger partial charge in [-0.25, -0.2) is 0 Å². The van der Waals surface area contributed by atoms with E-state index in [0.29, 0.717) is 8.69 Å². The topological polar surface area (TPSA) is 6.48 Å². The van der Waals surface area contributed by atoms with Crippen LogP contribution in [0.15, 0.2) is 21.1 Å². The maximum absolute atomic E-state index is 2.64. The molecule has 27 heavy (non-hydrogen) atoms. The third kappa shape index (κ3) is 7.80. The SMILES string of the molecule is CCCC1=CC(CCC)=[C]([Ti]([CH](C)N(C)C)[CH](C)N(C)C)C1CCC.Cl.Cl. The van der Waals surface area contributed by atoms with Crippen molar-refractivity contribution in [1.82, 2.24) is 9.80 Å². The number of allylic oxidation sites excluding steroid dienone is 4. The molecule has 0 aromatic carbocycles. The normalized spacial score (nSPS) is 18.9. The van der Waals surface area contributed by atoms with Gasteiger partial charge in [0.15, 0.2) is 0 Å². The van der Waals surface area contributed by atoms with Gasteiger partial charge in [-0.1, -0.05) is 0 Å². The predicted octanol–water partition coefficient (Wildman–Crippen LogP) is 6.47. The van der Waals surface area contributed by atoms with Crippen LogP contribution in [0.4, 0.5) is 0 Å². The van der Waals surface area contributed by atoms with Crippen molar-refractivity contribution >= 4 is 24.8 Å². The van der Waals surface area contributed by atoms with Gasteiger partial charge in [-0.2, -0.15) is 0 Å². The Balaban J connectivity index is 0. The maximum Gasteiger partial charge on any atom is -0.147 e. The van der Waals surface area contributed by atoms with Gasteiger partial charge in [0.25, 0.3) is 0 Å². The summed E-state index contributed by atoms with van der Waals surface area (Å²) in [7, 11) is 9.13. The maximum atomic E-state index is 2.64. The zero-order valence-corrected chi connectivity index (χ0v) is 22.5. The summed E-state index contributed by atoms with van der Waals surface area (Å²) in [6, 6.07) is 0. The summed E-state index contributed by atoms with van der Waals surface area (Å²) in [5.74, 6) is 0.756. The van der Waals surface area contributed by atoms with Crippen LogP contribution in [0, 0.1) is 5.92 Å². The largest absolute Gasteiger partial charge is 0.147 e. The van der Waals surface area contributed by atoms with Crippen molar-refractivity contribution < 1.29 is 17.9 Å². The van der Waals surface area contributed by atoms with Gasteiger partial charge in [0.1, 0.15) is 0 Å². The summed E-state index contributed by atoms with van der Waals surface area (Å²) in [6.07, 6.45) is 10.4. The van der Waals surface area contributed by atoms with Gasteiger partial charge in [0.2, 0.25) is 0 Å². The van der Waals surface area contributed by atoms with Crippen molar-refractivity contribution in [2.75, 3.05) is 28.2 Å². The molecule has 1 aliphatic carbocycles. The summed E-state index contributed by atoms with van der Waals surface area (Å²) in [5.41, 5.74) is 3.49. The standard InChI is InChI=1S/C14H23.2C4H10N.2ClH.Ti/c1-4-7-12-10-13(8-5-2)14(11-12)9-6-3;2*1-4-5(2)3;;;/h10,14H,4-9H2,1-3H3;2*4H,1-3H3;2*1H;. The van der Waals surface area contributed by atoms with E-state index in [1.54, 1.807) is 11.1 Å². The Morgan fingerprint density at radius 3 is 1.70 bits per heavy atom. The minimum absolute atomic E-state index is 0. The third-order valence-corrected chi connectivity index (χ3v) is 12.3. The molecule has 0 spiro atoms. The summed E-state index contributed by atoms with van der Waals surface area (Å²) in [6.45, 7) is 12.0. The Kier molecular flexibility index (Phi) is 16.2. The van der Waals surface area contributed by atoms with E-state index in [1.807, 2.05) is 3.88 Å². The molecule has 0 aromatic heterocycles. The van der Waals surface area contributed by atoms with Gasteiger partial charge >= 0.3 is 165 Å². The Labute approximate surface area is 188 Å². The fourth-order valence-electron chi connectivity index (χ4n) is 4.18. The number of halogens is 2. The van der Waals surface area contributed by atoms with Crippen molar-refractivity contribution in [3.05, 3.63) is 21.1 Å². The van der Waals surface area contributed by atoms with Crippen LogP contribution in [0.1, 0.15) is 73.1 Å². The van der Waals surface area contributed by atoms with Crippen LogP contribution in [0.5, 0.6) is 0 Å². The Morgan fingerprint density at radius 1 is 0.852 bits per heavy atom. The zero-order chi connectivity index (χ0) is 19.1. The fourth-order valence-corrected chi connectivity index (χ4v) is 10.4. The minimum atomic E-state index is -1.50. The number of nitrogens with zero attached hydrogens (tertiary/aromatic N) is 2. The molecular formula is C22H45Cl2N2Ti. The first-order valence-electron chi connectivity index (χ1n) is 10.4. The van der Waals surface area contributed by atoms with Gasteiger partial charge in [-0.15, -0.1) is 24.8 Å². The fraction of sp³-hybridized carbons (Fsp3) is 0.818. The average Bonchev–Trinajstić information content (AvgIpc) is 2.86. The Morgan fingerprint density at radius 2 is 1.33 bits per heavy atom. The molecule has 0 fully saturated rings. The Hall–Kier alpha value is 0.694. The summed E-state index contributed by atoms with van der Waals surface area (Å²) < 4.78 is 3.37. The van der Waals surface area contributed by atoms with Crippen LogP contribution in [0.3, 0.4) is 0 Å². The molecule has 0 saturated heterocycles. The second-order valence-electron chi connectivity index (χ2n) is 8.23. The average molecular weight is 456 g/mol. The molecule has 0 saturated carbocycles. The molecule has 3 unspecified atom stereocenters. The molecule has 1 aliphatic rings. The van der Waals surface area contributed by atoms with E-state index >= 15 is 0 Å². The Bertz CT molecular complexity index is 461. The van der Waals surface area contributed by atoms with Gasteiger partial charge < -0.3 is 0 Å². The molecule has 0 radical (unpaired) electrons. The quantitative estimate of drug-likeness (QED) is 0.329. The molecule has 0 heterocycles. The predicted molar refractivity (Wildman–Crippen MR) is 124 cm³/mol. The molecule has 161 valence electrons. The molecule has 0 bridgehead atoms. The zero-order valence-electron chi connectivity index (χ0n) is 19.3. The first-order chi connectivity index (χ1) is 11.8. The first-order valence-corrected chi connectivity index (χ1v) is 13.0. The molecule has 0 amide bonds. The second-order valence-corrected chi connectivity index (χ2v) is 13.1. The van der Waals surface area contributed by atoms with E-state index in [2.05, 4.69) is 78.7 Å². The van der Waals surface area contributed by atoms with Gasteiger partial charge in [-0.3, -0.25) is 0 Å². The van der Waals surface area contributed by atoms with Crippen molar-refractivity contribution in [2.24, 2.45) is 5.92 Å². The molecule has 2 nitrogen and oxygen atoms in total. The molecule has 5 heteroatoms. The number of hydrogen-bond acceptors (Lipinski definition) is 2. The van der Waals surface area contributed by atoms with Crippen molar-refractivity contribution in [3.63, 3.8) is 0 Å². The molecular weight excluding hydrogens is 411 g/mol.